The molecule has 0 aromatic heterocycles. The van der Waals surface area contributed by atoms with Crippen LogP contribution in [-0.4, -0.2) is 59.8 Å². The number of rotatable bonds is 5. The van der Waals surface area contributed by atoms with E-state index in [0.29, 0.717) is 0 Å². The summed E-state index contributed by atoms with van der Waals surface area (Å²) in [6.07, 6.45) is 4.35. The number of hydrogen-bond donors (Lipinski definition) is 1. The van der Waals surface area contributed by atoms with E-state index in [1.54, 1.807) is 0 Å². The summed E-state index contributed by atoms with van der Waals surface area (Å²) < 4.78 is 0. The molecule has 1 heterocycles. The highest BCUT2D eigenvalue weighted by atomic mass is 16.3. The van der Waals surface area contributed by atoms with Crippen molar-refractivity contribution in [2.45, 2.75) is 38.7 Å². The normalized spacial score (nSPS) is 24.9. The third kappa shape index (κ3) is 4.40. The molecule has 16 heavy (non-hydrogen) atoms. The van der Waals surface area contributed by atoms with Crippen LogP contribution < -0.4 is 0 Å². The lowest BCUT2D eigenvalue weighted by Gasteiger charge is -2.37. The summed E-state index contributed by atoms with van der Waals surface area (Å²) >= 11 is 0. The van der Waals surface area contributed by atoms with Crippen molar-refractivity contribution >= 4 is 0 Å². The van der Waals surface area contributed by atoms with Crippen LogP contribution in [0.2, 0.25) is 0 Å². The molecular weight excluding hydrogens is 200 g/mol. The van der Waals surface area contributed by atoms with E-state index in [2.05, 4.69) is 9.80 Å². The quantitative estimate of drug-likeness (QED) is 0.762. The predicted molar refractivity (Wildman–Crippen MR) is 66.5 cm³/mol. The number of piperazine rings is 1. The van der Waals surface area contributed by atoms with Crippen LogP contribution in [0.15, 0.2) is 0 Å². The average Bonchev–Trinajstić information content (AvgIpc) is 2.98. The Labute approximate surface area is 99.4 Å². The molecule has 0 spiro atoms. The van der Waals surface area contributed by atoms with Crippen molar-refractivity contribution in [2.24, 2.45) is 5.92 Å². The zero-order valence-electron chi connectivity index (χ0n) is 10.8. The van der Waals surface area contributed by atoms with E-state index < -0.39 is 5.60 Å². The Balaban J connectivity index is 1.61. The molecule has 3 nitrogen and oxygen atoms in total. The molecule has 0 atom stereocenters. The van der Waals surface area contributed by atoms with Crippen molar-refractivity contribution in [1.29, 1.82) is 0 Å². The average molecular weight is 226 g/mol. The SMILES string of the molecule is CC(C)(O)CN1CCN(CCC2CC2)CC1. The summed E-state index contributed by atoms with van der Waals surface area (Å²) in [6, 6.07) is 0. The van der Waals surface area contributed by atoms with Crippen LogP contribution in [-0.2, 0) is 0 Å². The Hall–Kier alpha value is -0.120. The van der Waals surface area contributed by atoms with Gasteiger partial charge in [-0.1, -0.05) is 12.8 Å². The van der Waals surface area contributed by atoms with E-state index in [9.17, 15) is 5.11 Å². The Morgan fingerprint density at radius 3 is 2.12 bits per heavy atom. The van der Waals surface area contributed by atoms with Crippen molar-refractivity contribution in [3.05, 3.63) is 0 Å². The lowest BCUT2D eigenvalue weighted by Crippen LogP contribution is -2.50. The van der Waals surface area contributed by atoms with Crippen molar-refractivity contribution in [1.82, 2.24) is 9.80 Å². The molecule has 2 aliphatic rings. The number of nitrogens with zero attached hydrogens (tertiary/aromatic N) is 2. The van der Waals surface area contributed by atoms with Gasteiger partial charge in [0.15, 0.2) is 0 Å². The molecule has 0 bridgehead atoms. The Morgan fingerprint density at radius 2 is 1.62 bits per heavy atom. The summed E-state index contributed by atoms with van der Waals surface area (Å²) in [5.41, 5.74) is -0.545. The third-order valence-corrected chi connectivity index (χ3v) is 3.63. The number of hydrogen-bond acceptors (Lipinski definition) is 3. The standard InChI is InChI=1S/C13H26N2O/c1-13(2,16)11-15-9-7-14(8-10-15)6-5-12-3-4-12/h12,16H,3-11H2,1-2H3. The molecular formula is C13H26N2O. The van der Waals surface area contributed by atoms with Crippen molar-refractivity contribution < 1.29 is 5.11 Å². The maximum Gasteiger partial charge on any atom is 0.0718 e. The lowest BCUT2D eigenvalue weighted by molar-refractivity contribution is 0.0175. The predicted octanol–water partition coefficient (Wildman–Crippen LogP) is 1.17. The molecule has 3 heteroatoms. The van der Waals surface area contributed by atoms with Gasteiger partial charge >= 0.3 is 0 Å². The van der Waals surface area contributed by atoms with Crippen LogP contribution in [0.4, 0.5) is 0 Å². The molecule has 0 amide bonds. The fourth-order valence-corrected chi connectivity index (χ4v) is 2.49. The van der Waals surface area contributed by atoms with Crippen LogP contribution in [0.1, 0.15) is 33.1 Å². The lowest BCUT2D eigenvalue weighted by atomic mass is 10.1. The van der Waals surface area contributed by atoms with Gasteiger partial charge in [0.05, 0.1) is 5.60 Å². The van der Waals surface area contributed by atoms with E-state index in [1.807, 2.05) is 13.8 Å². The van der Waals surface area contributed by atoms with Crippen LogP contribution in [0.3, 0.4) is 0 Å². The van der Waals surface area contributed by atoms with Crippen LogP contribution in [0.25, 0.3) is 0 Å². The van der Waals surface area contributed by atoms with Crippen molar-refractivity contribution in [3.63, 3.8) is 0 Å². The maximum atomic E-state index is 9.76. The molecule has 2 fully saturated rings. The van der Waals surface area contributed by atoms with E-state index >= 15 is 0 Å². The second-order valence-corrected chi connectivity index (χ2v) is 6.16. The number of β-amino-alcohol motifs (C(OH)–C–C–N with tert-alkyl or cyclic N) is 1. The monoisotopic (exact) mass is 226 g/mol. The van der Waals surface area contributed by atoms with Crippen LogP contribution >= 0.6 is 0 Å². The Bertz CT molecular complexity index is 212. The zero-order chi connectivity index (χ0) is 11.6. The molecule has 0 aromatic carbocycles. The van der Waals surface area contributed by atoms with Gasteiger partial charge in [-0.15, -0.1) is 0 Å². The fourth-order valence-electron chi connectivity index (χ4n) is 2.49. The molecule has 1 aliphatic carbocycles. The summed E-state index contributed by atoms with van der Waals surface area (Å²) in [4.78, 5) is 4.97. The topological polar surface area (TPSA) is 26.7 Å². The first-order valence-corrected chi connectivity index (χ1v) is 6.70. The molecule has 1 saturated carbocycles. The van der Waals surface area contributed by atoms with E-state index in [0.717, 1.165) is 25.6 Å². The van der Waals surface area contributed by atoms with Crippen molar-refractivity contribution in [3.8, 4) is 0 Å². The second kappa shape index (κ2) is 5.03. The maximum absolute atomic E-state index is 9.76. The first kappa shape index (κ1) is 12.3. The van der Waals surface area contributed by atoms with Crippen molar-refractivity contribution in [2.75, 3.05) is 39.3 Å². The van der Waals surface area contributed by atoms with Gasteiger partial charge in [-0.25, -0.2) is 0 Å². The first-order chi connectivity index (χ1) is 7.53. The molecule has 1 N–H and O–H groups in total. The molecule has 2 rings (SSSR count). The first-order valence-electron chi connectivity index (χ1n) is 6.70. The van der Waals surface area contributed by atoms with Crippen LogP contribution in [0, 0.1) is 5.92 Å². The summed E-state index contributed by atoms with van der Waals surface area (Å²) in [6.45, 7) is 10.5. The van der Waals surface area contributed by atoms with E-state index in [1.165, 1.54) is 38.9 Å². The Morgan fingerprint density at radius 1 is 1.06 bits per heavy atom. The summed E-state index contributed by atoms with van der Waals surface area (Å²) in [5, 5.41) is 9.76. The smallest absolute Gasteiger partial charge is 0.0718 e. The van der Waals surface area contributed by atoms with Gasteiger partial charge in [-0.3, -0.25) is 4.90 Å². The van der Waals surface area contributed by atoms with Gasteiger partial charge in [0.2, 0.25) is 0 Å². The highest BCUT2D eigenvalue weighted by Gasteiger charge is 2.25. The molecule has 0 radical (unpaired) electrons. The highest BCUT2D eigenvalue weighted by Crippen LogP contribution is 2.32. The fraction of sp³-hybridized carbons (Fsp3) is 1.00. The summed E-state index contributed by atoms with van der Waals surface area (Å²) in [7, 11) is 0. The second-order valence-electron chi connectivity index (χ2n) is 6.16. The van der Waals surface area contributed by atoms with Gasteiger partial charge in [0.25, 0.3) is 0 Å². The molecule has 0 aromatic rings. The summed E-state index contributed by atoms with van der Waals surface area (Å²) in [5.74, 6) is 1.05. The van der Waals surface area contributed by atoms with Gasteiger partial charge < -0.3 is 10.0 Å². The third-order valence-electron chi connectivity index (χ3n) is 3.63. The molecule has 0 unspecified atom stereocenters. The largest absolute Gasteiger partial charge is 0.389 e. The molecule has 1 saturated heterocycles. The minimum atomic E-state index is -0.545. The van der Waals surface area contributed by atoms with Gasteiger partial charge in [-0.05, 0) is 32.7 Å². The molecule has 1 aliphatic heterocycles. The van der Waals surface area contributed by atoms with E-state index in [4.69, 9.17) is 0 Å². The van der Waals surface area contributed by atoms with Crippen LogP contribution in [0.5, 0.6) is 0 Å². The van der Waals surface area contributed by atoms with E-state index in [-0.39, 0.29) is 0 Å². The highest BCUT2D eigenvalue weighted by molar-refractivity contribution is 4.80. The number of aliphatic hydroxyl groups is 1. The van der Waals surface area contributed by atoms with Gasteiger partial charge in [0.1, 0.15) is 0 Å². The molecule has 94 valence electrons. The minimum Gasteiger partial charge on any atom is -0.389 e. The van der Waals surface area contributed by atoms with Gasteiger partial charge in [-0.2, -0.15) is 0 Å². The van der Waals surface area contributed by atoms with Gasteiger partial charge in [0, 0.05) is 32.7 Å². The minimum absolute atomic E-state index is 0.545. The Kier molecular flexibility index (Phi) is 3.88. The zero-order valence-corrected chi connectivity index (χ0v) is 10.8.